The maximum absolute atomic E-state index is 3.80. The number of likely N-dealkylation sites (tertiary alicyclic amines) is 1. The van der Waals surface area contributed by atoms with Gasteiger partial charge < -0.3 is 5.32 Å². The van der Waals surface area contributed by atoms with Crippen LogP contribution in [0.2, 0.25) is 0 Å². The fourth-order valence-corrected chi connectivity index (χ4v) is 3.22. The fourth-order valence-electron chi connectivity index (χ4n) is 3.22. The van der Waals surface area contributed by atoms with Crippen LogP contribution in [0.3, 0.4) is 0 Å². The third-order valence-corrected chi connectivity index (χ3v) is 4.45. The van der Waals surface area contributed by atoms with E-state index in [1.165, 1.54) is 49.9 Å². The van der Waals surface area contributed by atoms with Crippen molar-refractivity contribution in [3.05, 3.63) is 35.4 Å². The minimum absolute atomic E-state index is 0.732. The zero-order valence-electron chi connectivity index (χ0n) is 12.1. The Hall–Kier alpha value is -0.860. The van der Waals surface area contributed by atoms with E-state index in [4.69, 9.17) is 0 Å². The number of benzene rings is 1. The molecule has 19 heavy (non-hydrogen) atoms. The van der Waals surface area contributed by atoms with Crippen molar-refractivity contribution in [1.82, 2.24) is 10.2 Å². The Balaban J connectivity index is 1.58. The molecule has 0 aromatic heterocycles. The predicted octanol–water partition coefficient (Wildman–Crippen LogP) is 2.97. The van der Waals surface area contributed by atoms with Gasteiger partial charge in [-0.15, -0.1) is 0 Å². The number of nitrogens with one attached hydrogen (secondary N) is 1. The van der Waals surface area contributed by atoms with Gasteiger partial charge in [-0.25, -0.2) is 0 Å². The third-order valence-electron chi connectivity index (χ3n) is 4.45. The standard InChI is InChI=1S/C17H26N2/c1-2-14-6-3-4-7-15(14)12-19-11-5-8-17(13-19)18-16-9-10-16/h3-4,6-7,16-18H,2,5,8-13H2,1H3. The molecule has 1 saturated carbocycles. The summed E-state index contributed by atoms with van der Waals surface area (Å²) < 4.78 is 0. The van der Waals surface area contributed by atoms with Crippen LogP contribution >= 0.6 is 0 Å². The molecule has 2 fully saturated rings. The maximum atomic E-state index is 3.80. The van der Waals surface area contributed by atoms with Crippen molar-refractivity contribution in [2.75, 3.05) is 13.1 Å². The fraction of sp³-hybridized carbons (Fsp3) is 0.647. The Morgan fingerprint density at radius 2 is 1.89 bits per heavy atom. The van der Waals surface area contributed by atoms with E-state index in [0.717, 1.165) is 25.0 Å². The van der Waals surface area contributed by atoms with E-state index in [2.05, 4.69) is 41.4 Å². The number of aryl methyl sites for hydroxylation is 1. The highest BCUT2D eigenvalue weighted by molar-refractivity contribution is 5.27. The molecular formula is C17H26N2. The molecule has 1 N–H and O–H groups in total. The minimum Gasteiger partial charge on any atom is -0.310 e. The van der Waals surface area contributed by atoms with Gasteiger partial charge in [-0.05, 0) is 49.8 Å². The van der Waals surface area contributed by atoms with Crippen LogP contribution < -0.4 is 5.32 Å². The second kappa shape index (κ2) is 6.06. The first-order chi connectivity index (χ1) is 9.35. The molecule has 0 spiro atoms. The molecule has 1 saturated heterocycles. The first-order valence-electron chi connectivity index (χ1n) is 7.90. The Bertz CT molecular complexity index is 411. The molecule has 3 rings (SSSR count). The van der Waals surface area contributed by atoms with Gasteiger partial charge in [0, 0.05) is 25.2 Å². The molecule has 1 aliphatic carbocycles. The van der Waals surface area contributed by atoms with Gasteiger partial charge in [-0.3, -0.25) is 4.90 Å². The number of hydrogen-bond acceptors (Lipinski definition) is 2. The van der Waals surface area contributed by atoms with Crippen LogP contribution in [0.25, 0.3) is 0 Å². The first-order valence-corrected chi connectivity index (χ1v) is 7.90. The Labute approximate surface area is 117 Å². The van der Waals surface area contributed by atoms with Gasteiger partial charge in [0.05, 0.1) is 0 Å². The van der Waals surface area contributed by atoms with E-state index in [0.29, 0.717) is 0 Å². The van der Waals surface area contributed by atoms with Gasteiger partial charge in [0.15, 0.2) is 0 Å². The third kappa shape index (κ3) is 3.58. The molecule has 1 atom stereocenters. The van der Waals surface area contributed by atoms with E-state index in [1.54, 1.807) is 0 Å². The van der Waals surface area contributed by atoms with Crippen LogP contribution in [0.1, 0.15) is 43.7 Å². The summed E-state index contributed by atoms with van der Waals surface area (Å²) in [5, 5.41) is 3.80. The van der Waals surface area contributed by atoms with Crippen LogP contribution in [0.4, 0.5) is 0 Å². The zero-order chi connectivity index (χ0) is 13.1. The molecule has 2 nitrogen and oxygen atoms in total. The molecule has 1 unspecified atom stereocenters. The van der Waals surface area contributed by atoms with Crippen molar-refractivity contribution in [2.45, 2.75) is 57.7 Å². The monoisotopic (exact) mass is 258 g/mol. The van der Waals surface area contributed by atoms with Crippen molar-refractivity contribution in [3.8, 4) is 0 Å². The zero-order valence-corrected chi connectivity index (χ0v) is 12.1. The van der Waals surface area contributed by atoms with Gasteiger partial charge in [-0.1, -0.05) is 31.2 Å². The SMILES string of the molecule is CCc1ccccc1CN1CCCC(NC2CC2)C1. The second-order valence-corrected chi connectivity index (χ2v) is 6.14. The highest BCUT2D eigenvalue weighted by Gasteiger charge is 2.27. The largest absolute Gasteiger partial charge is 0.310 e. The molecule has 0 amide bonds. The topological polar surface area (TPSA) is 15.3 Å². The summed E-state index contributed by atoms with van der Waals surface area (Å²) in [5.74, 6) is 0. The average Bonchev–Trinajstić information content (AvgIpc) is 3.24. The normalized spacial score (nSPS) is 24.6. The number of piperidine rings is 1. The molecule has 0 bridgehead atoms. The lowest BCUT2D eigenvalue weighted by molar-refractivity contribution is 0.182. The van der Waals surface area contributed by atoms with Crippen LogP contribution in [-0.4, -0.2) is 30.1 Å². The minimum atomic E-state index is 0.732. The van der Waals surface area contributed by atoms with Crippen LogP contribution in [0.5, 0.6) is 0 Å². The molecule has 1 heterocycles. The summed E-state index contributed by atoms with van der Waals surface area (Å²) in [4.78, 5) is 2.64. The van der Waals surface area contributed by atoms with Crippen molar-refractivity contribution in [3.63, 3.8) is 0 Å². The Morgan fingerprint density at radius 3 is 2.63 bits per heavy atom. The lowest BCUT2D eigenvalue weighted by Gasteiger charge is -2.33. The van der Waals surface area contributed by atoms with Crippen molar-refractivity contribution >= 4 is 0 Å². The van der Waals surface area contributed by atoms with Gasteiger partial charge >= 0.3 is 0 Å². The molecular weight excluding hydrogens is 232 g/mol. The summed E-state index contributed by atoms with van der Waals surface area (Å²) in [6.07, 6.45) is 6.65. The highest BCUT2D eigenvalue weighted by Crippen LogP contribution is 2.23. The summed E-state index contributed by atoms with van der Waals surface area (Å²) in [5.41, 5.74) is 3.04. The van der Waals surface area contributed by atoms with E-state index >= 15 is 0 Å². The van der Waals surface area contributed by atoms with Crippen molar-refractivity contribution < 1.29 is 0 Å². The molecule has 104 valence electrons. The molecule has 1 aromatic carbocycles. The number of rotatable bonds is 5. The second-order valence-electron chi connectivity index (χ2n) is 6.14. The predicted molar refractivity (Wildman–Crippen MR) is 80.3 cm³/mol. The van der Waals surface area contributed by atoms with Gasteiger partial charge in [0.2, 0.25) is 0 Å². The molecule has 2 heteroatoms. The van der Waals surface area contributed by atoms with Crippen LogP contribution in [-0.2, 0) is 13.0 Å². The van der Waals surface area contributed by atoms with Crippen molar-refractivity contribution in [2.24, 2.45) is 0 Å². The lowest BCUT2D eigenvalue weighted by atomic mass is 10.0. The summed E-state index contributed by atoms with van der Waals surface area (Å²) in [7, 11) is 0. The van der Waals surface area contributed by atoms with E-state index in [9.17, 15) is 0 Å². The molecule has 1 aliphatic heterocycles. The smallest absolute Gasteiger partial charge is 0.0237 e. The number of nitrogens with zero attached hydrogens (tertiary/aromatic N) is 1. The highest BCUT2D eigenvalue weighted by atomic mass is 15.2. The molecule has 2 aliphatic rings. The van der Waals surface area contributed by atoms with Gasteiger partial charge in [0.1, 0.15) is 0 Å². The number of hydrogen-bond donors (Lipinski definition) is 1. The van der Waals surface area contributed by atoms with Gasteiger partial charge in [0.25, 0.3) is 0 Å². The first kappa shape index (κ1) is 13.1. The van der Waals surface area contributed by atoms with Gasteiger partial charge in [-0.2, -0.15) is 0 Å². The Morgan fingerprint density at radius 1 is 1.11 bits per heavy atom. The summed E-state index contributed by atoms with van der Waals surface area (Å²) in [6, 6.07) is 10.5. The Kier molecular flexibility index (Phi) is 4.19. The lowest BCUT2D eigenvalue weighted by Crippen LogP contribution is -2.46. The van der Waals surface area contributed by atoms with E-state index < -0.39 is 0 Å². The molecule has 0 radical (unpaired) electrons. The quantitative estimate of drug-likeness (QED) is 0.873. The summed E-state index contributed by atoms with van der Waals surface area (Å²) in [6.45, 7) is 5.88. The van der Waals surface area contributed by atoms with Crippen molar-refractivity contribution in [1.29, 1.82) is 0 Å². The summed E-state index contributed by atoms with van der Waals surface area (Å²) >= 11 is 0. The molecule has 1 aromatic rings. The van der Waals surface area contributed by atoms with E-state index in [-0.39, 0.29) is 0 Å². The van der Waals surface area contributed by atoms with Crippen LogP contribution in [0.15, 0.2) is 24.3 Å². The average molecular weight is 258 g/mol. The van der Waals surface area contributed by atoms with E-state index in [1.807, 2.05) is 0 Å². The maximum Gasteiger partial charge on any atom is 0.0237 e. The van der Waals surface area contributed by atoms with Crippen LogP contribution in [0, 0.1) is 0 Å².